The molecule has 2 fully saturated rings. The number of nitrogens with zero attached hydrogens (tertiary/aromatic N) is 5. The monoisotopic (exact) mass is 1330 g/mol. The minimum atomic E-state index is -5.06. The molecule has 15 unspecified atom stereocenters. The third kappa shape index (κ3) is 13.9. The number of aryl methyl sites for hydroxylation is 2. The number of phosphoric ester groups is 1. The summed E-state index contributed by atoms with van der Waals surface area (Å²) >= 11 is 0. The molecule has 1 aromatic heterocycles. The van der Waals surface area contributed by atoms with Crippen LogP contribution in [-0.4, -0.2) is 132 Å². The third-order valence-corrected chi connectivity index (χ3v) is 22.0. The summed E-state index contributed by atoms with van der Waals surface area (Å²) < 4.78 is 32.3. The largest absolute Gasteiger partial charge is 3.00 e. The van der Waals surface area contributed by atoms with E-state index in [4.69, 9.17) is 63.2 Å². The van der Waals surface area contributed by atoms with Gasteiger partial charge in [-0.3, -0.25) is 57.6 Å². The number of quaternary nitrogens is 1. The van der Waals surface area contributed by atoms with Crippen LogP contribution >= 0.6 is 7.82 Å². The fourth-order valence-electron chi connectivity index (χ4n) is 15.7. The SMILES string of the molecule is CC1=C2N=C(C=C3N=C(C(C)=C4[NH2+]C(C(CC(N)=O)C4(C)CCC(=O)NCC(C)OP(=O)(O)OC4C(CO)OC(n5cnc6cc(C)c(C)cc65)C4O)C4(C)N=C1C(CCC(N)=O)C4(C)CC(N)=O)C(CCC(N)=O)C3(C)C)C(CCC(N)=O)C2(C)CC(N)=O.[Co+3]. The van der Waals surface area contributed by atoms with E-state index in [2.05, 4.69) is 10.3 Å². The van der Waals surface area contributed by atoms with Gasteiger partial charge in [0, 0.05) is 114 Å². The van der Waals surface area contributed by atoms with Gasteiger partial charge in [-0.2, -0.15) is 0 Å². The fraction of sp³-hybridized carbons (Fsp3) is 0.629. The van der Waals surface area contributed by atoms with Gasteiger partial charge in [0.15, 0.2) is 6.23 Å². The number of hydrogen-bond donors (Lipinski definition) is 11. The summed E-state index contributed by atoms with van der Waals surface area (Å²) in [6, 6.07) is 2.94. The molecule has 91 heavy (non-hydrogen) atoms. The number of amides is 7. The Kier molecular flexibility index (Phi) is 21.3. The Bertz CT molecular complexity index is 3540. The van der Waals surface area contributed by atoms with Crippen LogP contribution in [0.1, 0.15) is 150 Å². The molecule has 0 radical (unpaired) electrons. The molecule has 29 heteroatoms. The van der Waals surface area contributed by atoms with Crippen LogP contribution < -0.4 is 45.0 Å². The number of nitrogens with two attached hydrogens (primary N) is 7. The van der Waals surface area contributed by atoms with Crippen LogP contribution in [0.2, 0.25) is 0 Å². The molecule has 0 saturated carbocycles. The van der Waals surface area contributed by atoms with Crippen molar-refractivity contribution in [3.8, 4) is 0 Å². The molecule has 0 aliphatic carbocycles. The number of benzene rings is 1. The number of allylic oxidation sites excluding steroid dienone is 6. The van der Waals surface area contributed by atoms with Crippen molar-refractivity contribution in [3.63, 3.8) is 0 Å². The van der Waals surface area contributed by atoms with Gasteiger partial charge in [0.05, 0.1) is 46.9 Å². The number of aromatic nitrogens is 2. The summed E-state index contributed by atoms with van der Waals surface area (Å²) in [5, 5.41) is 26.6. The summed E-state index contributed by atoms with van der Waals surface area (Å²) in [5.74, 6) is -6.99. The van der Waals surface area contributed by atoms with E-state index in [0.717, 1.165) is 11.1 Å². The number of nitrogens with one attached hydrogen (secondary N) is 1. The summed E-state index contributed by atoms with van der Waals surface area (Å²) in [6.45, 7) is 19.5. The van der Waals surface area contributed by atoms with E-state index in [1.54, 1.807) is 11.5 Å². The molecule has 15 atom stereocenters. The van der Waals surface area contributed by atoms with Gasteiger partial charge in [-0.1, -0.05) is 27.7 Å². The average Bonchev–Trinajstić information content (AvgIpc) is 1.53. The fourth-order valence-corrected chi connectivity index (χ4v) is 16.8. The standard InChI is InChI=1S/C62H90N13O14P.Co/c1-29-20-39-40(21-30(29)2)75(28-70-39)57-52(84)53(41(27-76)87-57)89-90(85,86)88-31(3)26-69-49(83)18-19-59(8)37(22-46(66)80)56-62(11)61(10,25-48(68)82)36(14-17-45(65)79)51(74-62)33(5)55-60(9,24-47(67)81)34(12-15-43(63)77)38(71-55)23-42-58(6,7)35(13-16-44(64)78)50(72-42)32(4)54(59)73-56;/h20-21,23,28,31,34-37,41,52-53,56-57,73,76,84H,12-19,22,24-27H2,1-11H3,(H2,63,77)(H2,64,78)(H2,65,79)(H2,66,80)(H2,67,81)(H2,68,82)(H,69,83)(H,85,86);/q;+3/p+1. The number of rotatable bonds is 26. The number of aliphatic imine (C=N–C) groups is 3. The molecule has 7 heterocycles. The van der Waals surface area contributed by atoms with Crippen molar-refractivity contribution in [2.75, 3.05) is 13.2 Å². The van der Waals surface area contributed by atoms with Crippen LogP contribution in [0.25, 0.3) is 11.0 Å². The van der Waals surface area contributed by atoms with Gasteiger partial charge in [0.1, 0.15) is 35.6 Å². The van der Waals surface area contributed by atoms with E-state index in [1.165, 1.54) is 13.3 Å². The maximum atomic E-state index is 14.4. The number of phosphoric acid groups is 1. The van der Waals surface area contributed by atoms with E-state index in [9.17, 15) is 53.2 Å². The second kappa shape index (κ2) is 26.9. The Morgan fingerprint density at radius 2 is 1.37 bits per heavy atom. The van der Waals surface area contributed by atoms with E-state index >= 15 is 0 Å². The first-order valence-electron chi connectivity index (χ1n) is 30.7. The maximum absolute atomic E-state index is 14.4. The second-order valence-corrected chi connectivity index (χ2v) is 28.6. The molecule has 498 valence electrons. The minimum Gasteiger partial charge on any atom is -0.394 e. The molecule has 6 aliphatic rings. The van der Waals surface area contributed by atoms with Gasteiger partial charge in [-0.15, -0.1) is 0 Å². The number of imidazole rings is 1. The van der Waals surface area contributed by atoms with Crippen LogP contribution in [0.4, 0.5) is 0 Å². The molecule has 27 nitrogen and oxygen atoms in total. The van der Waals surface area contributed by atoms with Crippen molar-refractivity contribution in [1.82, 2.24) is 14.9 Å². The molecule has 18 N–H and O–H groups in total. The normalized spacial score (nSPS) is 31.8. The average molecular weight is 1330 g/mol. The van der Waals surface area contributed by atoms with Crippen molar-refractivity contribution < 1.29 is 89.1 Å². The number of hydrogen-bond acceptors (Lipinski definition) is 17. The molecular formula is C62H91CoN13O14P+4. The van der Waals surface area contributed by atoms with Crippen molar-refractivity contribution in [2.45, 2.75) is 189 Å². The zero-order valence-electron chi connectivity index (χ0n) is 53.7. The molecule has 8 bridgehead atoms. The minimum absolute atomic E-state index is 0. The smallest absolute Gasteiger partial charge is 0.394 e. The van der Waals surface area contributed by atoms with Gasteiger partial charge < -0.3 is 69.4 Å². The molecule has 0 spiro atoms. The Labute approximate surface area is 539 Å². The zero-order chi connectivity index (χ0) is 66.7. The van der Waals surface area contributed by atoms with Gasteiger partial charge in [0.2, 0.25) is 41.4 Å². The Balaban J connectivity index is 0.0000118. The summed E-state index contributed by atoms with van der Waals surface area (Å²) in [6.07, 6.45) is -4.08. The quantitative estimate of drug-likeness (QED) is 0.0601. The molecule has 6 aliphatic heterocycles. The Morgan fingerprint density at radius 1 is 0.780 bits per heavy atom. The van der Waals surface area contributed by atoms with Gasteiger partial charge in [0.25, 0.3) is 0 Å². The van der Waals surface area contributed by atoms with E-state index in [1.807, 2.05) is 85.8 Å². The predicted molar refractivity (Wildman–Crippen MR) is 332 cm³/mol. The van der Waals surface area contributed by atoms with E-state index in [0.29, 0.717) is 56.4 Å². The van der Waals surface area contributed by atoms with Gasteiger partial charge >= 0.3 is 24.6 Å². The number of aliphatic hydroxyl groups is 2. The summed E-state index contributed by atoms with van der Waals surface area (Å²) in [7, 11) is -5.06. The molecule has 2 aromatic rings. The molecule has 8 rings (SSSR count). The van der Waals surface area contributed by atoms with E-state index in [-0.39, 0.29) is 94.0 Å². The van der Waals surface area contributed by atoms with E-state index < -0.39 is 143 Å². The maximum Gasteiger partial charge on any atom is 3.00 e. The van der Waals surface area contributed by atoms with Crippen LogP contribution in [0.15, 0.2) is 67.8 Å². The Morgan fingerprint density at radius 3 is 1.96 bits per heavy atom. The second-order valence-electron chi connectivity index (χ2n) is 27.2. The van der Waals surface area contributed by atoms with Crippen LogP contribution in [0.3, 0.4) is 0 Å². The van der Waals surface area contributed by atoms with Crippen molar-refractivity contribution >= 4 is 77.3 Å². The van der Waals surface area contributed by atoms with Crippen LogP contribution in [0.5, 0.6) is 0 Å². The molecular weight excluding hydrogens is 1240 g/mol. The van der Waals surface area contributed by atoms with Gasteiger partial charge in [-0.25, -0.2) is 9.55 Å². The zero-order valence-corrected chi connectivity index (χ0v) is 55.6. The number of ether oxygens (including phenoxy) is 1. The van der Waals surface area contributed by atoms with Crippen LogP contribution in [0, 0.1) is 59.2 Å². The van der Waals surface area contributed by atoms with Gasteiger partial charge in [-0.05, 0) is 109 Å². The number of primary amides is 6. The topological polar surface area (TPSA) is 465 Å². The third-order valence-electron chi connectivity index (χ3n) is 20.8. The molecule has 7 amide bonds. The molecule has 2 saturated heterocycles. The molecule has 1 aromatic carbocycles. The van der Waals surface area contributed by atoms with Crippen molar-refractivity contribution in [3.05, 3.63) is 63.9 Å². The number of aliphatic hydroxyl groups excluding tert-OH is 2. The first-order valence-corrected chi connectivity index (χ1v) is 32.1. The number of fused-ring (bicyclic) bond motifs is 7. The van der Waals surface area contributed by atoms with Crippen LogP contribution in [-0.2, 0) is 68.7 Å². The first kappa shape index (κ1) is 72.1. The summed E-state index contributed by atoms with van der Waals surface area (Å²) in [4.78, 5) is 126. The first-order chi connectivity index (χ1) is 41.8. The predicted octanol–water partition coefficient (Wildman–Crippen LogP) is 2.13. The number of carbonyl (C=O) groups is 7. The number of carbonyl (C=O) groups excluding carboxylic acids is 7. The Hall–Kier alpha value is -6.33. The van der Waals surface area contributed by atoms with Crippen molar-refractivity contribution in [1.29, 1.82) is 0 Å². The summed E-state index contributed by atoms with van der Waals surface area (Å²) in [5.41, 5.74) is 37.8. The van der Waals surface area contributed by atoms with Crippen molar-refractivity contribution in [2.24, 2.45) is 94.7 Å².